The van der Waals surface area contributed by atoms with Gasteiger partial charge in [0.2, 0.25) is 0 Å². The summed E-state index contributed by atoms with van der Waals surface area (Å²) in [5.41, 5.74) is 1.65. The van der Waals surface area contributed by atoms with Gasteiger partial charge < -0.3 is 5.32 Å². The summed E-state index contributed by atoms with van der Waals surface area (Å²) in [6.45, 7) is 6.35. The van der Waals surface area contributed by atoms with E-state index in [1.165, 1.54) is 4.63 Å². The van der Waals surface area contributed by atoms with Crippen molar-refractivity contribution >= 4 is 22.8 Å². The molecule has 0 spiro atoms. The van der Waals surface area contributed by atoms with Gasteiger partial charge in [-0.2, -0.15) is 0 Å². The molecule has 0 aromatic carbocycles. The van der Waals surface area contributed by atoms with E-state index in [1.54, 1.807) is 11.3 Å². The van der Waals surface area contributed by atoms with Crippen LogP contribution in [0.15, 0.2) is 17.5 Å². The van der Waals surface area contributed by atoms with E-state index in [1.807, 2.05) is 12.1 Å². The lowest BCUT2D eigenvalue weighted by Gasteiger charge is -2.11. The second-order valence-corrected chi connectivity index (χ2v) is 5.77. The average molecular weight is 289 g/mol. The van der Waals surface area contributed by atoms with Crippen molar-refractivity contribution < 1.29 is 0 Å². The van der Waals surface area contributed by atoms with Gasteiger partial charge in [0.15, 0.2) is 5.65 Å². The van der Waals surface area contributed by atoms with E-state index < -0.39 is 0 Å². The van der Waals surface area contributed by atoms with Gasteiger partial charge in [-0.1, -0.05) is 13.8 Å². The van der Waals surface area contributed by atoms with Crippen LogP contribution in [0.5, 0.6) is 0 Å². The maximum Gasteiger partial charge on any atom is 0.200 e. The minimum atomic E-state index is 0.0835. The normalized spacial score (nSPS) is 13.0. The number of aromatic nitrogens is 6. The molecule has 3 rings (SSSR count). The molecule has 1 atom stereocenters. The first kappa shape index (κ1) is 12.9. The third kappa shape index (κ3) is 2.46. The molecule has 104 valence electrons. The number of tetrazole rings is 1. The van der Waals surface area contributed by atoms with Crippen LogP contribution in [0.4, 0.5) is 5.82 Å². The molecule has 1 N–H and O–H groups in total. The van der Waals surface area contributed by atoms with Gasteiger partial charge >= 0.3 is 0 Å². The molecule has 0 aliphatic carbocycles. The van der Waals surface area contributed by atoms with Gasteiger partial charge in [0.05, 0.1) is 16.7 Å². The zero-order valence-electron chi connectivity index (χ0n) is 11.5. The van der Waals surface area contributed by atoms with Gasteiger partial charge in [-0.3, -0.25) is 0 Å². The molecule has 0 saturated carbocycles. The standard InChI is InChI=1S/C12H15N7S/c1-7(2)12-14-9(6-20-12)8(3)13-10-4-5-11-15-17-18-19(11)16-10/h4-8H,1-3H3,(H,13,16)/t8-/m0/s1. The molecule has 0 aliphatic rings. The summed E-state index contributed by atoms with van der Waals surface area (Å²) in [5.74, 6) is 1.17. The molecular weight excluding hydrogens is 274 g/mol. The van der Waals surface area contributed by atoms with Crippen molar-refractivity contribution in [3.63, 3.8) is 0 Å². The molecule has 3 aromatic rings. The number of thiazole rings is 1. The van der Waals surface area contributed by atoms with Crippen molar-refractivity contribution in [1.82, 2.24) is 30.2 Å². The highest BCUT2D eigenvalue weighted by molar-refractivity contribution is 7.09. The molecule has 0 amide bonds. The van der Waals surface area contributed by atoms with Gasteiger partial charge in [-0.05, 0) is 29.5 Å². The first-order valence-corrected chi connectivity index (χ1v) is 7.28. The van der Waals surface area contributed by atoms with E-state index in [2.05, 4.69) is 57.1 Å². The van der Waals surface area contributed by atoms with Crippen LogP contribution in [0.1, 0.15) is 43.4 Å². The fourth-order valence-corrected chi connectivity index (χ4v) is 2.72. The maximum atomic E-state index is 4.64. The lowest BCUT2D eigenvalue weighted by molar-refractivity contribution is 0.725. The van der Waals surface area contributed by atoms with Gasteiger partial charge in [0.1, 0.15) is 5.82 Å². The maximum absolute atomic E-state index is 4.64. The molecule has 0 fully saturated rings. The number of rotatable bonds is 4. The molecule has 0 unspecified atom stereocenters. The van der Waals surface area contributed by atoms with Gasteiger partial charge in [0, 0.05) is 11.3 Å². The third-order valence-corrected chi connectivity index (χ3v) is 4.07. The summed E-state index contributed by atoms with van der Waals surface area (Å²) in [4.78, 5) is 4.64. The van der Waals surface area contributed by atoms with Crippen molar-refractivity contribution in [1.29, 1.82) is 0 Å². The highest BCUT2D eigenvalue weighted by atomic mass is 32.1. The first-order valence-electron chi connectivity index (χ1n) is 6.41. The Bertz CT molecular complexity index is 717. The smallest absolute Gasteiger partial charge is 0.200 e. The summed E-state index contributed by atoms with van der Waals surface area (Å²) in [6, 6.07) is 3.76. The fraction of sp³-hybridized carbons (Fsp3) is 0.417. The van der Waals surface area contributed by atoms with E-state index in [0.29, 0.717) is 11.6 Å². The number of nitrogens with one attached hydrogen (secondary N) is 1. The van der Waals surface area contributed by atoms with Crippen LogP contribution in [0.3, 0.4) is 0 Å². The van der Waals surface area contributed by atoms with E-state index in [0.717, 1.165) is 16.5 Å². The summed E-state index contributed by atoms with van der Waals surface area (Å²) < 4.78 is 1.40. The topological polar surface area (TPSA) is 80.9 Å². The largest absolute Gasteiger partial charge is 0.360 e. The van der Waals surface area contributed by atoms with E-state index in [9.17, 15) is 0 Å². The molecule has 0 saturated heterocycles. The summed E-state index contributed by atoms with van der Waals surface area (Å²) >= 11 is 1.69. The lowest BCUT2D eigenvalue weighted by atomic mass is 10.2. The molecule has 7 nitrogen and oxygen atoms in total. The van der Waals surface area contributed by atoms with Crippen molar-refractivity contribution in [2.75, 3.05) is 5.32 Å². The van der Waals surface area contributed by atoms with E-state index in [-0.39, 0.29) is 6.04 Å². The Morgan fingerprint density at radius 1 is 1.25 bits per heavy atom. The predicted molar refractivity (Wildman–Crippen MR) is 76.8 cm³/mol. The van der Waals surface area contributed by atoms with Crippen LogP contribution in [-0.4, -0.2) is 30.2 Å². The van der Waals surface area contributed by atoms with Crippen LogP contribution in [0, 0.1) is 0 Å². The minimum absolute atomic E-state index is 0.0835. The SMILES string of the molecule is CC(C)c1nc([C@H](C)Nc2ccc3nnnn3n2)cs1. The summed E-state index contributed by atoms with van der Waals surface area (Å²) in [6.07, 6.45) is 0. The second kappa shape index (κ2) is 5.12. The summed E-state index contributed by atoms with van der Waals surface area (Å²) in [7, 11) is 0. The number of fused-ring (bicyclic) bond motifs is 1. The second-order valence-electron chi connectivity index (χ2n) is 4.88. The molecular formula is C12H15N7S. The molecule has 0 aliphatic heterocycles. The third-order valence-electron chi connectivity index (χ3n) is 2.91. The highest BCUT2D eigenvalue weighted by Crippen LogP contribution is 2.24. The molecule has 0 radical (unpaired) electrons. The fourth-order valence-electron chi connectivity index (χ4n) is 1.79. The Labute approximate surface area is 120 Å². The van der Waals surface area contributed by atoms with E-state index in [4.69, 9.17) is 0 Å². The van der Waals surface area contributed by atoms with Gasteiger partial charge in [0.25, 0.3) is 0 Å². The Morgan fingerprint density at radius 2 is 2.10 bits per heavy atom. The molecule has 20 heavy (non-hydrogen) atoms. The van der Waals surface area contributed by atoms with Crippen LogP contribution < -0.4 is 5.32 Å². The zero-order chi connectivity index (χ0) is 14.1. The molecule has 3 aromatic heterocycles. The number of nitrogens with zero attached hydrogens (tertiary/aromatic N) is 6. The van der Waals surface area contributed by atoms with Gasteiger partial charge in [-0.15, -0.1) is 26.2 Å². The van der Waals surface area contributed by atoms with Crippen LogP contribution in [0.2, 0.25) is 0 Å². The number of anilines is 1. The monoisotopic (exact) mass is 289 g/mol. The van der Waals surface area contributed by atoms with Crippen LogP contribution >= 0.6 is 11.3 Å². The number of hydrogen-bond acceptors (Lipinski definition) is 7. The molecule has 8 heteroatoms. The Kier molecular flexibility index (Phi) is 3.31. The predicted octanol–water partition coefficient (Wildman–Crippen LogP) is 2.27. The minimum Gasteiger partial charge on any atom is -0.360 e. The first-order chi connectivity index (χ1) is 9.63. The van der Waals surface area contributed by atoms with Crippen LogP contribution in [-0.2, 0) is 0 Å². The molecule has 3 heterocycles. The van der Waals surface area contributed by atoms with Crippen molar-refractivity contribution in [2.24, 2.45) is 0 Å². The lowest BCUT2D eigenvalue weighted by Crippen LogP contribution is -2.10. The Morgan fingerprint density at radius 3 is 2.85 bits per heavy atom. The van der Waals surface area contributed by atoms with Crippen molar-refractivity contribution in [3.8, 4) is 0 Å². The van der Waals surface area contributed by atoms with Crippen LogP contribution in [0.25, 0.3) is 5.65 Å². The van der Waals surface area contributed by atoms with Crippen molar-refractivity contribution in [3.05, 3.63) is 28.2 Å². The molecule has 0 bridgehead atoms. The zero-order valence-corrected chi connectivity index (χ0v) is 12.3. The number of hydrogen-bond donors (Lipinski definition) is 1. The van der Waals surface area contributed by atoms with E-state index >= 15 is 0 Å². The quantitative estimate of drug-likeness (QED) is 0.793. The average Bonchev–Trinajstić information content (AvgIpc) is 3.07. The Balaban J connectivity index is 1.78. The summed E-state index contributed by atoms with van der Waals surface area (Å²) in [5, 5.41) is 22.0. The van der Waals surface area contributed by atoms with Gasteiger partial charge in [-0.25, -0.2) is 4.98 Å². The Hall–Kier alpha value is -2.09. The van der Waals surface area contributed by atoms with Crippen molar-refractivity contribution in [2.45, 2.75) is 32.7 Å². The highest BCUT2D eigenvalue weighted by Gasteiger charge is 2.12.